The summed E-state index contributed by atoms with van der Waals surface area (Å²) in [5.74, 6) is 0. The van der Waals surface area contributed by atoms with Gasteiger partial charge in [0.1, 0.15) is 0 Å². The molecule has 53 heavy (non-hydrogen) atoms. The minimum atomic E-state index is 1.09. The molecule has 0 fully saturated rings. The summed E-state index contributed by atoms with van der Waals surface area (Å²) in [6.45, 7) is 0. The van der Waals surface area contributed by atoms with Crippen molar-refractivity contribution in [1.82, 2.24) is 0 Å². The van der Waals surface area contributed by atoms with Crippen LogP contribution in [0.5, 0.6) is 0 Å². The maximum Gasteiger partial charge on any atom is 0.0540 e. The Bertz CT molecular complexity index is 2600. The molecule has 9 aromatic carbocycles. The highest BCUT2D eigenvalue weighted by molar-refractivity contribution is 6.03. The second kappa shape index (κ2) is 14.3. The molecular weight excluding hydrogens is 639 g/mol. The molecule has 0 unspecified atom stereocenters. The van der Waals surface area contributed by atoms with Crippen molar-refractivity contribution in [2.45, 2.75) is 0 Å². The van der Waals surface area contributed by atoms with Crippen LogP contribution in [0.15, 0.2) is 224 Å². The first-order valence-electron chi connectivity index (χ1n) is 18.2. The highest BCUT2D eigenvalue weighted by Crippen LogP contribution is 2.47. The third kappa shape index (κ3) is 6.30. The molecule has 250 valence electrons. The van der Waals surface area contributed by atoms with Gasteiger partial charge in [0.2, 0.25) is 0 Å². The zero-order valence-corrected chi connectivity index (χ0v) is 29.3. The molecule has 1 nitrogen and oxygen atoms in total. The number of para-hydroxylation sites is 1. The van der Waals surface area contributed by atoms with E-state index >= 15 is 0 Å². The summed E-state index contributed by atoms with van der Waals surface area (Å²) in [6, 6.07) is 81.0. The fraction of sp³-hybridized carbons (Fsp3) is 0. The van der Waals surface area contributed by atoms with Crippen LogP contribution in [0.25, 0.3) is 66.4 Å². The van der Waals surface area contributed by atoms with E-state index in [2.05, 4.69) is 229 Å². The fourth-order valence-electron chi connectivity index (χ4n) is 7.58. The second-order valence-corrected chi connectivity index (χ2v) is 13.3. The first-order valence-corrected chi connectivity index (χ1v) is 18.2. The molecule has 0 atom stereocenters. The summed E-state index contributed by atoms with van der Waals surface area (Å²) in [6.07, 6.45) is 0. The van der Waals surface area contributed by atoms with Gasteiger partial charge in [0.15, 0.2) is 0 Å². The quantitative estimate of drug-likeness (QED) is 0.155. The summed E-state index contributed by atoms with van der Waals surface area (Å²) in [5, 5.41) is 2.39. The van der Waals surface area contributed by atoms with E-state index in [-0.39, 0.29) is 0 Å². The molecule has 0 bridgehead atoms. The lowest BCUT2D eigenvalue weighted by Gasteiger charge is -2.30. The molecule has 0 aliphatic carbocycles. The van der Waals surface area contributed by atoms with Crippen molar-refractivity contribution in [1.29, 1.82) is 0 Å². The molecule has 9 aromatic rings. The van der Waals surface area contributed by atoms with Crippen LogP contribution in [0.3, 0.4) is 0 Å². The molecule has 0 amide bonds. The minimum absolute atomic E-state index is 1.09. The molecule has 0 aliphatic heterocycles. The molecule has 9 rings (SSSR count). The first kappa shape index (κ1) is 32.0. The van der Waals surface area contributed by atoms with E-state index in [0.29, 0.717) is 0 Å². The molecule has 0 heterocycles. The Hall–Kier alpha value is -6.96. The van der Waals surface area contributed by atoms with E-state index in [9.17, 15) is 0 Å². The van der Waals surface area contributed by atoms with Crippen LogP contribution in [0.2, 0.25) is 0 Å². The van der Waals surface area contributed by atoms with Gasteiger partial charge >= 0.3 is 0 Å². The van der Waals surface area contributed by atoms with Gasteiger partial charge in [-0.25, -0.2) is 0 Å². The summed E-state index contributed by atoms with van der Waals surface area (Å²) in [7, 11) is 0. The molecule has 0 saturated carbocycles. The Morgan fingerprint density at radius 1 is 0.245 bits per heavy atom. The van der Waals surface area contributed by atoms with E-state index in [4.69, 9.17) is 0 Å². The summed E-state index contributed by atoms with van der Waals surface area (Å²) in [4.78, 5) is 2.47. The highest BCUT2D eigenvalue weighted by atomic mass is 15.1. The SMILES string of the molecule is c1ccc(-c2cc(-c3ccccc3)cc(N(c3ccccc3-c3ccccc3-c3ccccc3-c3ccccc3)c3cccc4ccccc34)c2)cc1. The van der Waals surface area contributed by atoms with Gasteiger partial charge in [0.05, 0.1) is 11.4 Å². The van der Waals surface area contributed by atoms with Crippen LogP contribution in [0.1, 0.15) is 0 Å². The molecule has 0 aliphatic rings. The number of benzene rings is 9. The van der Waals surface area contributed by atoms with Gasteiger partial charge in [-0.15, -0.1) is 0 Å². The van der Waals surface area contributed by atoms with E-state index in [0.717, 1.165) is 22.6 Å². The number of hydrogen-bond donors (Lipinski definition) is 0. The van der Waals surface area contributed by atoms with E-state index in [1.807, 2.05) is 0 Å². The fourth-order valence-corrected chi connectivity index (χ4v) is 7.58. The zero-order valence-electron chi connectivity index (χ0n) is 29.3. The molecule has 0 radical (unpaired) electrons. The Balaban J connectivity index is 1.32. The third-order valence-corrected chi connectivity index (χ3v) is 10.1. The monoisotopic (exact) mass is 675 g/mol. The van der Waals surface area contributed by atoms with Crippen LogP contribution in [0, 0.1) is 0 Å². The summed E-state index contributed by atoms with van der Waals surface area (Å²) in [5.41, 5.74) is 15.2. The Morgan fingerprint density at radius 3 is 1.28 bits per heavy atom. The Labute approximate surface area is 311 Å². The second-order valence-electron chi connectivity index (χ2n) is 13.3. The average molecular weight is 676 g/mol. The first-order chi connectivity index (χ1) is 26.3. The Kier molecular flexibility index (Phi) is 8.66. The maximum absolute atomic E-state index is 2.47. The van der Waals surface area contributed by atoms with Gasteiger partial charge in [-0.05, 0) is 85.8 Å². The van der Waals surface area contributed by atoms with Crippen molar-refractivity contribution in [3.63, 3.8) is 0 Å². The smallest absolute Gasteiger partial charge is 0.0540 e. The average Bonchev–Trinajstić information content (AvgIpc) is 3.25. The minimum Gasteiger partial charge on any atom is -0.309 e. The van der Waals surface area contributed by atoms with Gasteiger partial charge in [-0.3, -0.25) is 0 Å². The van der Waals surface area contributed by atoms with Crippen molar-refractivity contribution in [3.8, 4) is 55.6 Å². The lowest BCUT2D eigenvalue weighted by molar-refractivity contribution is 1.30. The van der Waals surface area contributed by atoms with Gasteiger partial charge in [-0.1, -0.05) is 194 Å². The number of nitrogens with zero attached hydrogens (tertiary/aromatic N) is 1. The maximum atomic E-state index is 2.47. The third-order valence-electron chi connectivity index (χ3n) is 10.1. The number of hydrogen-bond acceptors (Lipinski definition) is 1. The van der Waals surface area contributed by atoms with Gasteiger partial charge in [0, 0.05) is 16.6 Å². The molecule has 0 spiro atoms. The van der Waals surface area contributed by atoms with Crippen LogP contribution in [-0.4, -0.2) is 0 Å². The van der Waals surface area contributed by atoms with Gasteiger partial charge in [0.25, 0.3) is 0 Å². The standard InChI is InChI=1S/C52H37N/c1-4-19-38(20-5-1)42-35-43(39-21-6-2-7-22-39)37-44(36-42)53(51-34-18-26-41-25-10-11-28-46(41)51)52-33-17-16-32-50(52)49-31-15-14-30-48(49)47-29-13-12-27-45(47)40-23-8-3-9-24-40/h1-37H. The van der Waals surface area contributed by atoms with E-state index < -0.39 is 0 Å². The summed E-state index contributed by atoms with van der Waals surface area (Å²) >= 11 is 0. The number of fused-ring (bicyclic) bond motifs is 1. The highest BCUT2D eigenvalue weighted by Gasteiger charge is 2.22. The molecule has 0 aromatic heterocycles. The van der Waals surface area contributed by atoms with Crippen LogP contribution in [0.4, 0.5) is 17.1 Å². The van der Waals surface area contributed by atoms with Crippen molar-refractivity contribution in [2.24, 2.45) is 0 Å². The predicted molar refractivity (Wildman–Crippen MR) is 226 cm³/mol. The van der Waals surface area contributed by atoms with Crippen molar-refractivity contribution >= 4 is 27.8 Å². The molecule has 1 heteroatoms. The van der Waals surface area contributed by atoms with Crippen LogP contribution >= 0.6 is 0 Å². The topological polar surface area (TPSA) is 3.24 Å². The van der Waals surface area contributed by atoms with Crippen LogP contribution in [-0.2, 0) is 0 Å². The normalized spacial score (nSPS) is 11.0. The molecule has 0 saturated heterocycles. The van der Waals surface area contributed by atoms with Crippen LogP contribution < -0.4 is 4.90 Å². The van der Waals surface area contributed by atoms with Crippen molar-refractivity contribution in [3.05, 3.63) is 224 Å². The molecular formula is C52H37N. The van der Waals surface area contributed by atoms with Gasteiger partial charge in [-0.2, -0.15) is 0 Å². The van der Waals surface area contributed by atoms with Crippen molar-refractivity contribution < 1.29 is 0 Å². The number of rotatable bonds is 8. The van der Waals surface area contributed by atoms with E-state index in [1.54, 1.807) is 0 Å². The predicted octanol–water partition coefficient (Wildman–Crippen LogP) is 14.6. The largest absolute Gasteiger partial charge is 0.309 e. The lowest BCUT2D eigenvalue weighted by atomic mass is 9.88. The zero-order chi connectivity index (χ0) is 35.4. The Morgan fingerprint density at radius 2 is 0.660 bits per heavy atom. The summed E-state index contributed by atoms with van der Waals surface area (Å²) < 4.78 is 0. The van der Waals surface area contributed by atoms with E-state index in [1.165, 1.54) is 60.8 Å². The van der Waals surface area contributed by atoms with Gasteiger partial charge < -0.3 is 4.90 Å². The molecule has 0 N–H and O–H groups in total. The van der Waals surface area contributed by atoms with Crippen molar-refractivity contribution in [2.75, 3.05) is 4.90 Å². The number of anilines is 3. The lowest BCUT2D eigenvalue weighted by Crippen LogP contribution is -2.12.